The summed E-state index contributed by atoms with van der Waals surface area (Å²) in [6.45, 7) is 6.49. The number of aromatic amines is 1. The molecule has 0 amide bonds. The van der Waals surface area contributed by atoms with Crippen molar-refractivity contribution in [1.29, 1.82) is 0 Å². The van der Waals surface area contributed by atoms with E-state index in [9.17, 15) is 8.42 Å². The summed E-state index contributed by atoms with van der Waals surface area (Å²) in [4.78, 5) is 3.55. The van der Waals surface area contributed by atoms with E-state index >= 15 is 0 Å². The Labute approximate surface area is 153 Å². The van der Waals surface area contributed by atoms with Crippen LogP contribution >= 0.6 is 0 Å². The zero-order chi connectivity index (χ0) is 18.7. The summed E-state index contributed by atoms with van der Waals surface area (Å²) in [7, 11) is -3.46. The van der Waals surface area contributed by atoms with Gasteiger partial charge in [0.15, 0.2) is 0 Å². The topological polar surface area (TPSA) is 77.9 Å². The lowest BCUT2D eigenvalue weighted by Gasteiger charge is -2.18. The number of H-pyrrole nitrogens is 1. The Hall–Kier alpha value is -2.51. The van der Waals surface area contributed by atoms with Gasteiger partial charge in [0.2, 0.25) is 10.0 Å². The molecule has 0 saturated heterocycles. The third kappa shape index (κ3) is 3.40. The van der Waals surface area contributed by atoms with Gasteiger partial charge in [-0.1, -0.05) is 32.0 Å². The molecule has 0 saturated carbocycles. The van der Waals surface area contributed by atoms with Crippen LogP contribution in [0.5, 0.6) is 0 Å². The SMILES string of the molecule is CCN(CC)S(=O)(=O)c1ccc(N=Nc2c(C)[nH]c3ccccc23)cc1. The van der Waals surface area contributed by atoms with E-state index in [0.29, 0.717) is 18.8 Å². The number of rotatable bonds is 6. The highest BCUT2D eigenvalue weighted by Gasteiger charge is 2.21. The predicted molar refractivity (Wildman–Crippen MR) is 104 cm³/mol. The zero-order valence-corrected chi connectivity index (χ0v) is 15.9. The summed E-state index contributed by atoms with van der Waals surface area (Å²) in [5, 5.41) is 9.63. The second kappa shape index (κ2) is 7.39. The van der Waals surface area contributed by atoms with Gasteiger partial charge < -0.3 is 4.98 Å². The molecule has 0 aliphatic heterocycles. The monoisotopic (exact) mass is 370 g/mol. The summed E-state index contributed by atoms with van der Waals surface area (Å²) in [5.74, 6) is 0. The molecule has 3 aromatic rings. The summed E-state index contributed by atoms with van der Waals surface area (Å²) in [6.07, 6.45) is 0. The number of aryl methyl sites for hydroxylation is 1. The van der Waals surface area contributed by atoms with Crippen molar-refractivity contribution in [3.05, 3.63) is 54.2 Å². The van der Waals surface area contributed by atoms with Crippen LogP contribution in [0.4, 0.5) is 11.4 Å². The number of azo groups is 1. The molecule has 2 aromatic carbocycles. The standard InChI is InChI=1S/C19H22N4O2S/c1-4-23(5-2)26(24,25)16-12-10-15(11-13-16)21-22-19-14(3)20-18-9-7-6-8-17(18)19/h6-13,20H,4-5H2,1-3H3. The first-order valence-corrected chi connectivity index (χ1v) is 10.0. The Kier molecular flexibility index (Phi) is 5.20. The highest BCUT2D eigenvalue weighted by atomic mass is 32.2. The molecule has 1 aromatic heterocycles. The van der Waals surface area contributed by atoms with Gasteiger partial charge in [-0.05, 0) is 37.3 Å². The highest BCUT2D eigenvalue weighted by molar-refractivity contribution is 7.89. The van der Waals surface area contributed by atoms with Crippen LogP contribution in [0.2, 0.25) is 0 Å². The molecule has 26 heavy (non-hydrogen) atoms. The molecule has 0 aliphatic rings. The number of benzene rings is 2. The van der Waals surface area contributed by atoms with Crippen LogP contribution in [-0.2, 0) is 10.0 Å². The average Bonchev–Trinajstić information content (AvgIpc) is 2.96. The third-order valence-electron chi connectivity index (χ3n) is 4.30. The molecule has 6 nitrogen and oxygen atoms in total. The van der Waals surface area contributed by atoms with Gasteiger partial charge >= 0.3 is 0 Å². The molecular formula is C19H22N4O2S. The Morgan fingerprint density at radius 3 is 2.27 bits per heavy atom. The minimum Gasteiger partial charge on any atom is -0.357 e. The van der Waals surface area contributed by atoms with E-state index in [1.807, 2.05) is 45.0 Å². The smallest absolute Gasteiger partial charge is 0.243 e. The van der Waals surface area contributed by atoms with Crippen LogP contribution in [-0.4, -0.2) is 30.8 Å². The first kappa shape index (κ1) is 18.3. The fourth-order valence-corrected chi connectivity index (χ4v) is 4.35. The summed E-state index contributed by atoms with van der Waals surface area (Å²) < 4.78 is 26.4. The molecule has 1 heterocycles. The molecule has 7 heteroatoms. The summed E-state index contributed by atoms with van der Waals surface area (Å²) in [5.41, 5.74) is 3.35. The van der Waals surface area contributed by atoms with Crippen LogP contribution in [0, 0.1) is 6.92 Å². The highest BCUT2D eigenvalue weighted by Crippen LogP contribution is 2.31. The van der Waals surface area contributed by atoms with Crippen molar-refractivity contribution >= 4 is 32.3 Å². The molecule has 136 valence electrons. The number of hydrogen-bond donors (Lipinski definition) is 1. The predicted octanol–water partition coefficient (Wildman–Crippen LogP) is 4.92. The number of sulfonamides is 1. The number of nitrogens with one attached hydrogen (secondary N) is 1. The van der Waals surface area contributed by atoms with Crippen LogP contribution in [0.25, 0.3) is 10.9 Å². The lowest BCUT2D eigenvalue weighted by Crippen LogP contribution is -2.30. The van der Waals surface area contributed by atoms with E-state index in [2.05, 4.69) is 15.2 Å². The number of aromatic nitrogens is 1. The van der Waals surface area contributed by atoms with Crippen LogP contribution < -0.4 is 0 Å². The maximum atomic E-state index is 12.5. The van der Waals surface area contributed by atoms with Gasteiger partial charge in [0.1, 0.15) is 5.69 Å². The average molecular weight is 370 g/mol. The van der Waals surface area contributed by atoms with Gasteiger partial charge in [0, 0.05) is 29.7 Å². The van der Waals surface area contributed by atoms with Gasteiger partial charge in [0.25, 0.3) is 0 Å². The van der Waals surface area contributed by atoms with Gasteiger partial charge in [-0.25, -0.2) is 8.42 Å². The number of hydrogen-bond acceptors (Lipinski definition) is 4. The second-order valence-electron chi connectivity index (χ2n) is 5.93. The Bertz CT molecular complexity index is 1030. The number of fused-ring (bicyclic) bond motifs is 1. The Balaban J connectivity index is 1.88. The molecule has 0 aliphatic carbocycles. The quantitative estimate of drug-likeness (QED) is 0.625. The third-order valence-corrected chi connectivity index (χ3v) is 6.37. The van der Waals surface area contributed by atoms with E-state index in [-0.39, 0.29) is 4.90 Å². The first-order valence-electron chi connectivity index (χ1n) is 8.56. The lowest BCUT2D eigenvalue weighted by molar-refractivity contribution is 0.445. The minimum atomic E-state index is -3.46. The molecule has 1 N–H and O–H groups in total. The maximum Gasteiger partial charge on any atom is 0.243 e. The van der Waals surface area contributed by atoms with Gasteiger partial charge in [-0.2, -0.15) is 9.42 Å². The molecule has 0 spiro atoms. The normalized spacial score (nSPS) is 12.5. The molecule has 0 fully saturated rings. The largest absolute Gasteiger partial charge is 0.357 e. The van der Waals surface area contributed by atoms with Crippen LogP contribution in [0.3, 0.4) is 0 Å². The van der Waals surface area contributed by atoms with Crippen molar-refractivity contribution < 1.29 is 8.42 Å². The van der Waals surface area contributed by atoms with E-state index < -0.39 is 10.0 Å². The second-order valence-corrected chi connectivity index (χ2v) is 7.87. The Morgan fingerprint density at radius 2 is 1.62 bits per heavy atom. The van der Waals surface area contributed by atoms with Crippen molar-refractivity contribution in [3.8, 4) is 0 Å². The van der Waals surface area contributed by atoms with Crippen molar-refractivity contribution in [3.63, 3.8) is 0 Å². The van der Waals surface area contributed by atoms with Crippen molar-refractivity contribution in [1.82, 2.24) is 9.29 Å². The van der Waals surface area contributed by atoms with Crippen molar-refractivity contribution in [2.75, 3.05) is 13.1 Å². The van der Waals surface area contributed by atoms with E-state index in [4.69, 9.17) is 0 Å². The first-order chi connectivity index (χ1) is 12.5. The van der Waals surface area contributed by atoms with Gasteiger partial charge in [0.05, 0.1) is 10.6 Å². The van der Waals surface area contributed by atoms with E-state index in [1.54, 1.807) is 24.3 Å². The summed E-state index contributed by atoms with van der Waals surface area (Å²) in [6, 6.07) is 14.4. The van der Waals surface area contributed by atoms with E-state index in [0.717, 1.165) is 22.3 Å². The number of para-hydroxylation sites is 1. The molecule has 0 radical (unpaired) electrons. The molecule has 3 rings (SSSR count). The van der Waals surface area contributed by atoms with Crippen LogP contribution in [0.1, 0.15) is 19.5 Å². The molecular weight excluding hydrogens is 348 g/mol. The summed E-state index contributed by atoms with van der Waals surface area (Å²) >= 11 is 0. The van der Waals surface area contributed by atoms with Gasteiger partial charge in [-0.15, -0.1) is 5.11 Å². The van der Waals surface area contributed by atoms with Crippen molar-refractivity contribution in [2.45, 2.75) is 25.7 Å². The van der Waals surface area contributed by atoms with Crippen LogP contribution in [0.15, 0.2) is 63.7 Å². The molecule has 0 unspecified atom stereocenters. The lowest BCUT2D eigenvalue weighted by atomic mass is 10.2. The van der Waals surface area contributed by atoms with Gasteiger partial charge in [-0.3, -0.25) is 0 Å². The minimum absolute atomic E-state index is 0.267. The number of nitrogens with zero attached hydrogens (tertiary/aromatic N) is 3. The molecule has 0 atom stereocenters. The fourth-order valence-electron chi connectivity index (χ4n) is 2.90. The Morgan fingerprint density at radius 1 is 0.962 bits per heavy atom. The fraction of sp³-hybridized carbons (Fsp3) is 0.263. The molecule has 0 bridgehead atoms. The van der Waals surface area contributed by atoms with Crippen molar-refractivity contribution in [2.24, 2.45) is 10.2 Å². The van der Waals surface area contributed by atoms with E-state index in [1.165, 1.54) is 4.31 Å². The zero-order valence-electron chi connectivity index (χ0n) is 15.1. The maximum absolute atomic E-state index is 12.5.